The number of para-hydroxylation sites is 1. The van der Waals surface area contributed by atoms with Crippen molar-refractivity contribution in [2.24, 2.45) is 5.92 Å². The number of carbonyl (C=O) groups excluding carboxylic acids is 1. The van der Waals surface area contributed by atoms with Crippen molar-refractivity contribution in [2.75, 3.05) is 18.4 Å². The van der Waals surface area contributed by atoms with Gasteiger partial charge in [-0.15, -0.1) is 5.57 Å². The van der Waals surface area contributed by atoms with Crippen LogP contribution in [0.3, 0.4) is 0 Å². The molecule has 0 saturated heterocycles. The number of nitrogens with zero attached hydrogens (tertiary/aromatic N) is 1. The molecule has 1 aromatic rings. The molecule has 1 unspecified atom stereocenters. The topological polar surface area (TPSA) is 41.6 Å². The molecule has 2 rings (SSSR count). The van der Waals surface area contributed by atoms with Crippen LogP contribution in [0, 0.1) is 18.7 Å². The van der Waals surface area contributed by atoms with Crippen molar-refractivity contribution in [3.8, 4) is 0 Å². The molecule has 0 aromatic heterocycles. The largest absolute Gasteiger partial charge is 0.558 e. The molecule has 1 aromatic carbocycles. The van der Waals surface area contributed by atoms with Crippen LogP contribution in [0.1, 0.15) is 85.3 Å². The van der Waals surface area contributed by atoms with E-state index in [0.717, 1.165) is 13.1 Å². The van der Waals surface area contributed by atoms with E-state index >= 15 is 0 Å². The van der Waals surface area contributed by atoms with Crippen molar-refractivity contribution < 1.29 is 31.9 Å². The van der Waals surface area contributed by atoms with E-state index in [2.05, 4.69) is 82.7 Å². The molecule has 1 N–H and O–H groups in total. The molecule has 5 heteroatoms. The Hall–Kier alpha value is -1.07. The summed E-state index contributed by atoms with van der Waals surface area (Å²) in [6.07, 6.45) is 2.83. The summed E-state index contributed by atoms with van der Waals surface area (Å²) in [6, 6.07) is 6.64. The quantitative estimate of drug-likeness (QED) is 0.223. The number of benzene rings is 1. The van der Waals surface area contributed by atoms with Crippen LogP contribution in [0.2, 0.25) is 0 Å². The normalized spacial score (nSPS) is 15.7. The molecule has 0 saturated carbocycles. The number of esters is 1. The van der Waals surface area contributed by atoms with Crippen molar-refractivity contribution in [1.29, 1.82) is 0 Å². The monoisotopic (exact) mass is 597 g/mol. The van der Waals surface area contributed by atoms with E-state index in [-0.39, 0.29) is 34.5 Å². The molecule has 4 nitrogen and oxygen atoms in total. The third kappa shape index (κ3) is 8.58. The molecule has 175 valence electrons. The molecule has 1 aliphatic rings. The number of carbonyl (C=O) groups is 1. The molecule has 0 amide bonds. The van der Waals surface area contributed by atoms with Gasteiger partial charge in [-0.1, -0.05) is 80.5 Å². The van der Waals surface area contributed by atoms with Crippen molar-refractivity contribution in [1.82, 2.24) is 4.90 Å². The molecule has 0 aliphatic carbocycles. The first-order chi connectivity index (χ1) is 13.6. The van der Waals surface area contributed by atoms with Gasteiger partial charge in [0.2, 0.25) is 0 Å². The molecule has 30 heavy (non-hydrogen) atoms. The Bertz CT molecular complexity index is 653. The minimum atomic E-state index is -0.223. The van der Waals surface area contributed by atoms with Crippen LogP contribution in [0.25, 0.3) is 0 Å². The zero-order chi connectivity index (χ0) is 22.1. The first-order valence-corrected chi connectivity index (χ1v) is 10.9. The summed E-state index contributed by atoms with van der Waals surface area (Å²) in [5.74, 6) is 1.18. The Balaban J connectivity index is 0.000000646. The van der Waals surface area contributed by atoms with Crippen LogP contribution in [0.15, 0.2) is 23.8 Å². The van der Waals surface area contributed by atoms with E-state index in [1.807, 2.05) is 13.8 Å². The Morgan fingerprint density at radius 3 is 1.87 bits per heavy atom. The SMILES string of the molecule is CC1=[C-]C(C(C)C)OC1=O.CCN([CH-]Nc1c(C(C)C)cccc1C(C)C)CC.[Au]. The van der Waals surface area contributed by atoms with Crippen molar-refractivity contribution in [3.05, 3.63) is 47.6 Å². The van der Waals surface area contributed by atoms with Crippen LogP contribution >= 0.6 is 0 Å². The number of hydrogen-bond donors (Lipinski definition) is 1. The number of nitrogens with one attached hydrogen (secondary N) is 1. The maximum Gasteiger partial charge on any atom is 0.170 e. The molecule has 0 spiro atoms. The maximum absolute atomic E-state index is 10.8. The smallest absolute Gasteiger partial charge is 0.170 e. The van der Waals surface area contributed by atoms with E-state index in [0.29, 0.717) is 23.3 Å². The number of ether oxygens (including phenoxy) is 1. The minimum Gasteiger partial charge on any atom is -0.558 e. The van der Waals surface area contributed by atoms with Gasteiger partial charge < -0.3 is 19.7 Å². The van der Waals surface area contributed by atoms with Gasteiger partial charge in [-0.25, -0.2) is 6.08 Å². The second-order valence-electron chi connectivity index (χ2n) is 8.45. The summed E-state index contributed by atoms with van der Waals surface area (Å²) in [5, 5.41) is 3.55. The van der Waals surface area contributed by atoms with Crippen LogP contribution in [-0.4, -0.2) is 30.1 Å². The van der Waals surface area contributed by atoms with Crippen molar-refractivity contribution >= 4 is 11.7 Å². The van der Waals surface area contributed by atoms with Gasteiger partial charge in [-0.2, -0.15) is 6.67 Å². The van der Waals surface area contributed by atoms with Gasteiger partial charge in [-0.05, 0) is 42.0 Å². The Kier molecular flexibility index (Phi) is 13.6. The standard InChI is InChI=1S/C17H29N2.C8H11O2.Au/c1-7-19(8-2)12-18-17-15(13(3)4)10-9-11-16(17)14(5)6;1-5(2)7-4-6(3)8(9)10-7;/h9-14,18H,7-8H2,1-6H3;5,7H,1-3H3;/q2*-1;. The second kappa shape index (κ2) is 14.1. The van der Waals surface area contributed by atoms with Gasteiger partial charge in [0, 0.05) is 34.2 Å². The van der Waals surface area contributed by atoms with Crippen molar-refractivity contribution in [3.63, 3.8) is 0 Å². The molecule has 0 bridgehead atoms. The Morgan fingerprint density at radius 2 is 1.57 bits per heavy atom. The number of anilines is 1. The van der Waals surface area contributed by atoms with Crippen LogP contribution in [-0.2, 0) is 31.9 Å². The predicted octanol–water partition coefficient (Wildman–Crippen LogP) is 6.12. The molecule has 1 heterocycles. The fourth-order valence-corrected chi connectivity index (χ4v) is 3.09. The summed E-state index contributed by atoms with van der Waals surface area (Å²) in [6.45, 7) is 23.3. The first kappa shape index (κ1) is 28.9. The zero-order valence-corrected chi connectivity index (χ0v) is 22.3. The maximum atomic E-state index is 10.8. The number of cyclic esters (lactones) is 1. The van der Waals surface area contributed by atoms with E-state index < -0.39 is 0 Å². The molecule has 1 radical (unpaired) electrons. The van der Waals surface area contributed by atoms with Gasteiger partial charge in [0.25, 0.3) is 0 Å². The third-order valence-corrected chi connectivity index (χ3v) is 5.08. The van der Waals surface area contributed by atoms with E-state index in [9.17, 15) is 4.79 Å². The molecule has 0 fully saturated rings. The minimum absolute atomic E-state index is 0. The Labute approximate surface area is 200 Å². The van der Waals surface area contributed by atoms with Gasteiger partial charge in [-0.3, -0.25) is 0 Å². The first-order valence-electron chi connectivity index (χ1n) is 10.9. The third-order valence-electron chi connectivity index (χ3n) is 5.08. The summed E-state index contributed by atoms with van der Waals surface area (Å²) in [4.78, 5) is 13.0. The summed E-state index contributed by atoms with van der Waals surface area (Å²) in [7, 11) is 0. The van der Waals surface area contributed by atoms with Gasteiger partial charge >= 0.3 is 0 Å². The summed E-state index contributed by atoms with van der Waals surface area (Å²) in [5.41, 5.74) is 4.70. The van der Waals surface area contributed by atoms with Crippen LogP contribution < -0.4 is 5.32 Å². The van der Waals surface area contributed by atoms with Crippen molar-refractivity contribution in [2.45, 2.75) is 80.3 Å². The van der Waals surface area contributed by atoms with Gasteiger partial charge in [0.05, 0.1) is 0 Å². The zero-order valence-electron chi connectivity index (χ0n) is 20.1. The average molecular weight is 598 g/mol. The average Bonchev–Trinajstić information content (AvgIpc) is 3.01. The molecule has 1 aliphatic heterocycles. The fraction of sp³-hybridized carbons (Fsp3) is 0.600. The van der Waals surface area contributed by atoms with E-state index in [1.54, 1.807) is 6.92 Å². The van der Waals surface area contributed by atoms with Crippen LogP contribution in [0.4, 0.5) is 5.69 Å². The van der Waals surface area contributed by atoms with Gasteiger partial charge in [0.1, 0.15) is 0 Å². The predicted molar refractivity (Wildman–Crippen MR) is 123 cm³/mol. The fourth-order valence-electron chi connectivity index (χ4n) is 3.09. The number of hydrogen-bond acceptors (Lipinski definition) is 4. The van der Waals surface area contributed by atoms with E-state index in [4.69, 9.17) is 4.74 Å². The number of rotatable bonds is 8. The molecular formula is C25H40AuN2O2-2. The van der Waals surface area contributed by atoms with Crippen LogP contribution in [0.5, 0.6) is 0 Å². The Morgan fingerprint density at radius 1 is 1.07 bits per heavy atom. The summed E-state index contributed by atoms with van der Waals surface area (Å²) >= 11 is 0. The molecular weight excluding hydrogens is 557 g/mol. The van der Waals surface area contributed by atoms with E-state index in [1.165, 1.54) is 16.8 Å². The van der Waals surface area contributed by atoms with Gasteiger partial charge in [0.15, 0.2) is 5.97 Å². The molecule has 1 atom stereocenters. The second-order valence-corrected chi connectivity index (χ2v) is 8.45. The summed E-state index contributed by atoms with van der Waals surface area (Å²) < 4.78 is 4.95.